The molecule has 0 saturated carbocycles. The molecular weight excluding hydrogens is 307 g/mol. The number of hydrogen-bond acceptors (Lipinski definition) is 2. The summed E-state index contributed by atoms with van der Waals surface area (Å²) >= 11 is 0. The molecule has 1 saturated heterocycles. The fourth-order valence-corrected chi connectivity index (χ4v) is 2.85. The fourth-order valence-electron chi connectivity index (χ4n) is 2.85. The first kappa shape index (κ1) is 16.2. The van der Waals surface area contributed by atoms with Crippen LogP contribution in [0, 0.1) is 11.7 Å². The Kier molecular flexibility index (Phi) is 4.60. The predicted molar refractivity (Wildman–Crippen MR) is 91.3 cm³/mol. The largest absolute Gasteiger partial charge is 0.326 e. The number of nitrogens with one attached hydrogen (secondary N) is 1. The summed E-state index contributed by atoms with van der Waals surface area (Å²) in [5, 5.41) is 2.83. The van der Waals surface area contributed by atoms with E-state index in [1.54, 1.807) is 18.2 Å². The van der Waals surface area contributed by atoms with E-state index in [2.05, 4.69) is 12.2 Å². The lowest BCUT2D eigenvalue weighted by Gasteiger charge is -2.17. The summed E-state index contributed by atoms with van der Waals surface area (Å²) < 4.78 is 13.9. The molecule has 4 nitrogen and oxygen atoms in total. The maximum absolute atomic E-state index is 13.9. The number of para-hydroxylation sites is 1. The van der Waals surface area contributed by atoms with Gasteiger partial charge in [0.1, 0.15) is 5.82 Å². The van der Waals surface area contributed by atoms with Crippen molar-refractivity contribution in [2.45, 2.75) is 19.8 Å². The van der Waals surface area contributed by atoms with Gasteiger partial charge in [0.2, 0.25) is 11.8 Å². The van der Waals surface area contributed by atoms with Crippen LogP contribution in [0.2, 0.25) is 0 Å². The highest BCUT2D eigenvalue weighted by atomic mass is 19.1. The number of anilines is 2. The number of nitrogens with zero attached hydrogens (tertiary/aromatic N) is 1. The third-order valence-electron chi connectivity index (χ3n) is 4.27. The van der Waals surface area contributed by atoms with Crippen molar-refractivity contribution in [3.8, 4) is 0 Å². The second kappa shape index (κ2) is 6.83. The first-order valence-corrected chi connectivity index (χ1v) is 8.03. The van der Waals surface area contributed by atoms with Crippen molar-refractivity contribution in [2.24, 2.45) is 5.92 Å². The van der Waals surface area contributed by atoms with Crippen molar-refractivity contribution >= 4 is 23.2 Å². The van der Waals surface area contributed by atoms with Gasteiger partial charge in [-0.1, -0.05) is 31.2 Å². The summed E-state index contributed by atoms with van der Waals surface area (Å²) in [6, 6.07) is 13.7. The molecule has 2 aromatic carbocycles. The summed E-state index contributed by atoms with van der Waals surface area (Å²) in [4.78, 5) is 25.9. The molecule has 1 atom stereocenters. The molecule has 5 heteroatoms. The van der Waals surface area contributed by atoms with Crippen molar-refractivity contribution in [2.75, 3.05) is 16.8 Å². The number of hydrogen-bond donors (Lipinski definition) is 1. The van der Waals surface area contributed by atoms with Gasteiger partial charge in [0.05, 0.1) is 11.6 Å². The molecule has 1 N–H and O–H groups in total. The predicted octanol–water partition coefficient (Wildman–Crippen LogP) is 3.38. The zero-order valence-electron chi connectivity index (χ0n) is 13.5. The molecular formula is C19H19FN2O2. The van der Waals surface area contributed by atoms with Crippen LogP contribution in [0.4, 0.5) is 15.8 Å². The smallest absolute Gasteiger partial charge is 0.229 e. The van der Waals surface area contributed by atoms with Gasteiger partial charge in [0.15, 0.2) is 0 Å². The Morgan fingerprint density at radius 2 is 1.92 bits per heavy atom. The Bertz CT molecular complexity index is 758. The number of benzene rings is 2. The van der Waals surface area contributed by atoms with Crippen LogP contribution >= 0.6 is 0 Å². The van der Waals surface area contributed by atoms with E-state index in [0.29, 0.717) is 5.69 Å². The highest BCUT2D eigenvalue weighted by molar-refractivity contribution is 6.03. The van der Waals surface area contributed by atoms with Gasteiger partial charge in [0, 0.05) is 18.7 Å². The highest BCUT2D eigenvalue weighted by Crippen LogP contribution is 2.28. The average Bonchev–Trinajstić information content (AvgIpc) is 2.98. The zero-order valence-corrected chi connectivity index (χ0v) is 13.5. The molecule has 0 spiro atoms. The molecule has 1 aliphatic heterocycles. The number of rotatable bonds is 4. The molecule has 0 aromatic heterocycles. The minimum absolute atomic E-state index is 0.0905. The van der Waals surface area contributed by atoms with Crippen molar-refractivity contribution in [3.05, 3.63) is 59.9 Å². The first-order chi connectivity index (χ1) is 11.6. The Balaban J connectivity index is 1.68. The molecule has 0 radical (unpaired) electrons. The van der Waals surface area contributed by atoms with E-state index < -0.39 is 11.7 Å². The van der Waals surface area contributed by atoms with Crippen LogP contribution in [-0.4, -0.2) is 18.4 Å². The monoisotopic (exact) mass is 326 g/mol. The van der Waals surface area contributed by atoms with Crippen LogP contribution in [-0.2, 0) is 16.0 Å². The van der Waals surface area contributed by atoms with Gasteiger partial charge in [0.25, 0.3) is 0 Å². The second-order valence-electron chi connectivity index (χ2n) is 5.90. The van der Waals surface area contributed by atoms with E-state index in [9.17, 15) is 14.0 Å². The summed E-state index contributed by atoms with van der Waals surface area (Å²) in [5.41, 5.74) is 2.12. The summed E-state index contributed by atoms with van der Waals surface area (Å²) in [5.74, 6) is -1.39. The molecule has 0 aliphatic carbocycles. The third kappa shape index (κ3) is 3.30. The topological polar surface area (TPSA) is 49.4 Å². The first-order valence-electron chi connectivity index (χ1n) is 8.03. The van der Waals surface area contributed by atoms with Crippen LogP contribution in [0.15, 0.2) is 48.5 Å². The van der Waals surface area contributed by atoms with E-state index in [1.165, 1.54) is 16.5 Å². The number of halogens is 1. The number of aryl methyl sites for hydroxylation is 1. The molecule has 2 amide bonds. The maximum Gasteiger partial charge on any atom is 0.229 e. The lowest BCUT2D eigenvalue weighted by Crippen LogP contribution is -2.28. The highest BCUT2D eigenvalue weighted by Gasteiger charge is 2.36. The lowest BCUT2D eigenvalue weighted by molar-refractivity contribution is -0.122. The van der Waals surface area contributed by atoms with E-state index in [-0.39, 0.29) is 30.5 Å². The third-order valence-corrected chi connectivity index (χ3v) is 4.27. The van der Waals surface area contributed by atoms with E-state index in [0.717, 1.165) is 6.42 Å². The molecule has 3 rings (SSSR count). The van der Waals surface area contributed by atoms with E-state index in [1.807, 2.05) is 24.3 Å². The van der Waals surface area contributed by atoms with Crippen molar-refractivity contribution in [1.82, 2.24) is 0 Å². The fraction of sp³-hybridized carbons (Fsp3) is 0.263. The Morgan fingerprint density at radius 3 is 2.58 bits per heavy atom. The van der Waals surface area contributed by atoms with Gasteiger partial charge in [-0.2, -0.15) is 0 Å². The average molecular weight is 326 g/mol. The Labute approximate surface area is 140 Å². The van der Waals surface area contributed by atoms with Crippen molar-refractivity contribution in [1.29, 1.82) is 0 Å². The number of amides is 2. The van der Waals surface area contributed by atoms with Crippen LogP contribution in [0.3, 0.4) is 0 Å². The summed E-state index contributed by atoms with van der Waals surface area (Å²) in [6.07, 6.45) is 1.02. The van der Waals surface area contributed by atoms with Crippen LogP contribution in [0.1, 0.15) is 18.9 Å². The standard InChI is InChI=1S/C19H19FN2O2/c1-2-13-7-9-15(10-8-13)21-19(24)14-11-18(23)22(12-14)17-6-4-3-5-16(17)20/h3-10,14H,2,11-12H2,1H3,(H,21,24)/t14-/m0/s1. The van der Waals surface area contributed by atoms with Crippen molar-refractivity contribution < 1.29 is 14.0 Å². The minimum atomic E-state index is -0.483. The Hall–Kier alpha value is -2.69. The van der Waals surface area contributed by atoms with Gasteiger partial charge in [-0.15, -0.1) is 0 Å². The lowest BCUT2D eigenvalue weighted by atomic mass is 10.1. The van der Waals surface area contributed by atoms with E-state index >= 15 is 0 Å². The summed E-state index contributed by atoms with van der Waals surface area (Å²) in [6.45, 7) is 2.26. The van der Waals surface area contributed by atoms with Crippen molar-refractivity contribution in [3.63, 3.8) is 0 Å². The SMILES string of the molecule is CCc1ccc(NC(=O)[C@H]2CC(=O)N(c3ccccc3F)C2)cc1. The zero-order chi connectivity index (χ0) is 17.1. The molecule has 1 aliphatic rings. The van der Waals surface area contributed by atoms with Crippen LogP contribution in [0.25, 0.3) is 0 Å². The second-order valence-corrected chi connectivity index (χ2v) is 5.90. The molecule has 1 fully saturated rings. The van der Waals surface area contributed by atoms with Gasteiger partial charge >= 0.3 is 0 Å². The number of carbonyl (C=O) groups is 2. The minimum Gasteiger partial charge on any atom is -0.326 e. The molecule has 1 heterocycles. The molecule has 24 heavy (non-hydrogen) atoms. The van der Waals surface area contributed by atoms with Gasteiger partial charge in [-0.25, -0.2) is 4.39 Å². The molecule has 124 valence electrons. The van der Waals surface area contributed by atoms with Crippen LogP contribution < -0.4 is 10.2 Å². The normalized spacial score (nSPS) is 17.2. The Morgan fingerprint density at radius 1 is 1.21 bits per heavy atom. The maximum atomic E-state index is 13.9. The molecule has 2 aromatic rings. The van der Waals surface area contributed by atoms with Gasteiger partial charge < -0.3 is 10.2 Å². The molecule has 0 unspecified atom stereocenters. The molecule has 0 bridgehead atoms. The van der Waals surface area contributed by atoms with Gasteiger partial charge in [-0.3, -0.25) is 9.59 Å². The van der Waals surface area contributed by atoms with Crippen LogP contribution in [0.5, 0.6) is 0 Å². The number of carbonyl (C=O) groups excluding carboxylic acids is 2. The van der Waals surface area contributed by atoms with E-state index in [4.69, 9.17) is 0 Å². The quantitative estimate of drug-likeness (QED) is 0.936. The van der Waals surface area contributed by atoms with Gasteiger partial charge in [-0.05, 0) is 36.2 Å². The summed E-state index contributed by atoms with van der Waals surface area (Å²) in [7, 11) is 0.